The molecule has 9 heteroatoms. The zero-order valence-corrected chi connectivity index (χ0v) is 22.7. The van der Waals surface area contributed by atoms with Crippen molar-refractivity contribution in [2.75, 3.05) is 23.5 Å². The Balaban J connectivity index is 2.24. The minimum Gasteiger partial charge on any atom is -0.508 e. The normalized spacial score (nSPS) is 16.5. The van der Waals surface area contributed by atoms with E-state index in [0.717, 1.165) is 56.6 Å². The van der Waals surface area contributed by atoms with E-state index >= 15 is 0 Å². The molecule has 0 unspecified atom stereocenters. The lowest BCUT2D eigenvalue weighted by Crippen LogP contribution is -2.38. The first-order chi connectivity index (χ1) is 17.1. The number of carboxylic acids is 1. The number of aliphatic carboxylic acids is 1. The molecule has 1 aliphatic heterocycles. The highest BCUT2D eigenvalue weighted by Gasteiger charge is 2.42. The number of anilines is 2. The summed E-state index contributed by atoms with van der Waals surface area (Å²) >= 11 is 1.39. The minimum absolute atomic E-state index is 0.0323. The fourth-order valence-electron chi connectivity index (χ4n) is 4.75. The summed E-state index contributed by atoms with van der Waals surface area (Å²) in [6.07, 6.45) is 9.20. The Labute approximate surface area is 218 Å². The molecule has 0 amide bonds. The van der Waals surface area contributed by atoms with Crippen LogP contribution >= 0.6 is 11.8 Å². The van der Waals surface area contributed by atoms with Gasteiger partial charge in [-0.05, 0) is 49.4 Å². The number of hydrogen-bond acceptors (Lipinski definition) is 7. The number of unbranched alkanes of at least 4 members (excludes halogenated alkanes) is 2. The Hall–Kier alpha value is -2.65. The molecular formula is C27H35NO6S2. The van der Waals surface area contributed by atoms with Gasteiger partial charge in [-0.2, -0.15) is 0 Å². The number of nitrogens with zero attached hydrogens (tertiary/aromatic N) is 1. The molecule has 0 fully saturated rings. The molecule has 0 bridgehead atoms. The number of sulfone groups is 1. The molecule has 2 aromatic carbocycles. The monoisotopic (exact) mass is 533 g/mol. The molecule has 0 aliphatic carbocycles. The molecule has 196 valence electrons. The van der Waals surface area contributed by atoms with Gasteiger partial charge in [-0.15, -0.1) is 11.8 Å². The highest BCUT2D eigenvalue weighted by atomic mass is 32.2. The number of aromatic hydroxyl groups is 1. The highest BCUT2D eigenvalue weighted by molar-refractivity contribution is 7.98. The molecule has 0 saturated carbocycles. The smallest absolute Gasteiger partial charge is 0.331 e. The number of benzene rings is 2. The predicted octanol–water partition coefficient (Wildman–Crippen LogP) is 6.38. The summed E-state index contributed by atoms with van der Waals surface area (Å²) in [6.45, 7) is 4.77. The number of carbonyl (C=O) groups is 1. The number of carboxylic acid groups (broad SMARTS) is 1. The van der Waals surface area contributed by atoms with Crippen molar-refractivity contribution in [1.29, 1.82) is 0 Å². The van der Waals surface area contributed by atoms with E-state index in [4.69, 9.17) is 9.84 Å². The summed E-state index contributed by atoms with van der Waals surface area (Å²) in [5.41, 5.74) is 0.926. The van der Waals surface area contributed by atoms with Gasteiger partial charge < -0.3 is 19.8 Å². The first kappa shape index (κ1) is 27.9. The molecule has 0 atom stereocenters. The van der Waals surface area contributed by atoms with Gasteiger partial charge in [-0.25, -0.2) is 13.2 Å². The minimum atomic E-state index is -3.71. The number of hydrogen-bond donors (Lipinski definition) is 2. The van der Waals surface area contributed by atoms with E-state index in [9.17, 15) is 18.3 Å². The Bertz CT molecular complexity index is 1180. The van der Waals surface area contributed by atoms with Crippen molar-refractivity contribution in [3.8, 4) is 11.5 Å². The van der Waals surface area contributed by atoms with Gasteiger partial charge in [0, 0.05) is 23.7 Å². The van der Waals surface area contributed by atoms with Gasteiger partial charge in [-0.1, -0.05) is 39.5 Å². The first-order valence-corrected chi connectivity index (χ1v) is 15.1. The van der Waals surface area contributed by atoms with Gasteiger partial charge in [0.25, 0.3) is 0 Å². The lowest BCUT2D eigenvalue weighted by atomic mass is 9.79. The topological polar surface area (TPSA) is 104 Å². The number of phenolic OH excluding ortho intramolecular Hbond substituents is 1. The van der Waals surface area contributed by atoms with Crippen LogP contribution in [0.25, 0.3) is 0 Å². The number of ether oxygens (including phenoxy) is 1. The molecule has 1 heterocycles. The lowest BCUT2D eigenvalue weighted by molar-refractivity contribution is -0.131. The van der Waals surface area contributed by atoms with Crippen LogP contribution in [0.5, 0.6) is 11.5 Å². The van der Waals surface area contributed by atoms with E-state index in [-0.39, 0.29) is 16.4 Å². The number of phenols is 1. The van der Waals surface area contributed by atoms with Gasteiger partial charge in [0.1, 0.15) is 11.5 Å². The fraction of sp³-hybridized carbons (Fsp3) is 0.444. The van der Waals surface area contributed by atoms with E-state index in [1.54, 1.807) is 24.3 Å². The van der Waals surface area contributed by atoms with Crippen LogP contribution in [0.4, 0.5) is 11.4 Å². The summed E-state index contributed by atoms with van der Waals surface area (Å²) in [6, 6.07) is 10.2. The van der Waals surface area contributed by atoms with E-state index in [1.807, 2.05) is 12.3 Å². The van der Waals surface area contributed by atoms with Gasteiger partial charge in [-0.3, -0.25) is 0 Å². The largest absolute Gasteiger partial charge is 0.508 e. The molecule has 7 nitrogen and oxygen atoms in total. The van der Waals surface area contributed by atoms with Crippen molar-refractivity contribution in [3.05, 3.63) is 48.7 Å². The maximum absolute atomic E-state index is 14.0. The standard InChI is InChI=1S/C27H35NO6S2/c1-4-6-13-27(14-7-5-2)18-28(20-8-10-21(29)11-9-20)22-16-24(35-3)23(34-15-12-26(30)31)17-25(22)36(32,33)19-27/h8-12,15-17,29H,4-7,13-14,18-19H2,1-3H3,(H,30,31). The average Bonchev–Trinajstić information content (AvgIpc) is 2.93. The van der Waals surface area contributed by atoms with Crippen molar-refractivity contribution >= 4 is 38.9 Å². The Morgan fingerprint density at radius 3 is 2.33 bits per heavy atom. The summed E-state index contributed by atoms with van der Waals surface area (Å²) in [5.74, 6) is -0.686. The van der Waals surface area contributed by atoms with Crippen molar-refractivity contribution in [1.82, 2.24) is 0 Å². The van der Waals surface area contributed by atoms with Crippen molar-refractivity contribution in [2.45, 2.75) is 62.2 Å². The van der Waals surface area contributed by atoms with Crippen LogP contribution < -0.4 is 9.64 Å². The Morgan fingerprint density at radius 2 is 1.78 bits per heavy atom. The van der Waals surface area contributed by atoms with Gasteiger partial charge in [0.15, 0.2) is 9.84 Å². The molecule has 0 aromatic heterocycles. The maximum Gasteiger partial charge on any atom is 0.331 e. The summed E-state index contributed by atoms with van der Waals surface area (Å²) in [5, 5.41) is 18.8. The number of fused-ring (bicyclic) bond motifs is 1. The first-order valence-electron chi connectivity index (χ1n) is 12.2. The van der Waals surface area contributed by atoms with Crippen LogP contribution in [-0.2, 0) is 14.6 Å². The second-order valence-electron chi connectivity index (χ2n) is 9.30. The molecule has 0 saturated heterocycles. The van der Waals surface area contributed by atoms with E-state index in [2.05, 4.69) is 18.7 Å². The van der Waals surface area contributed by atoms with Crippen molar-refractivity contribution in [3.63, 3.8) is 0 Å². The quantitative estimate of drug-likeness (QED) is 0.195. The maximum atomic E-state index is 14.0. The molecule has 36 heavy (non-hydrogen) atoms. The highest BCUT2D eigenvalue weighted by Crippen LogP contribution is 2.48. The van der Waals surface area contributed by atoms with Crippen LogP contribution in [0, 0.1) is 5.41 Å². The second kappa shape index (κ2) is 12.1. The number of rotatable bonds is 11. The van der Waals surface area contributed by atoms with Crippen molar-refractivity contribution in [2.24, 2.45) is 5.41 Å². The van der Waals surface area contributed by atoms with Crippen LogP contribution in [0.2, 0.25) is 0 Å². The molecular weight excluding hydrogens is 498 g/mol. The van der Waals surface area contributed by atoms with Crippen LogP contribution in [0.15, 0.2) is 58.5 Å². The fourth-order valence-corrected chi connectivity index (χ4v) is 7.40. The van der Waals surface area contributed by atoms with Gasteiger partial charge >= 0.3 is 5.97 Å². The molecule has 0 radical (unpaired) electrons. The third kappa shape index (κ3) is 6.56. The molecule has 3 rings (SSSR count). The molecule has 0 spiro atoms. The molecule has 2 N–H and O–H groups in total. The Kier molecular flexibility index (Phi) is 9.35. The zero-order valence-electron chi connectivity index (χ0n) is 21.1. The summed E-state index contributed by atoms with van der Waals surface area (Å²) < 4.78 is 33.5. The van der Waals surface area contributed by atoms with Gasteiger partial charge in [0.2, 0.25) is 0 Å². The lowest BCUT2D eigenvalue weighted by Gasteiger charge is -2.37. The van der Waals surface area contributed by atoms with Crippen LogP contribution in [-0.4, -0.2) is 43.2 Å². The van der Waals surface area contributed by atoms with Crippen molar-refractivity contribution < 1.29 is 28.2 Å². The van der Waals surface area contributed by atoms with Crippen LogP contribution in [0.3, 0.4) is 0 Å². The number of thioether (sulfide) groups is 1. The SMILES string of the molecule is CCCCC1(CCCC)CN(c2ccc(O)cc2)c2cc(SC)c(OC=CC(=O)O)cc2S(=O)(=O)C1. The van der Waals surface area contributed by atoms with Gasteiger partial charge in [0.05, 0.1) is 33.6 Å². The van der Waals surface area contributed by atoms with Crippen LogP contribution in [0.1, 0.15) is 52.4 Å². The Morgan fingerprint density at radius 1 is 1.14 bits per heavy atom. The third-order valence-corrected chi connectivity index (χ3v) is 9.30. The van der Waals surface area contributed by atoms with E-state index in [1.165, 1.54) is 17.8 Å². The average molecular weight is 534 g/mol. The predicted molar refractivity (Wildman–Crippen MR) is 144 cm³/mol. The molecule has 2 aromatic rings. The molecule has 1 aliphatic rings. The second-order valence-corrected chi connectivity index (χ2v) is 12.1. The third-order valence-electron chi connectivity index (χ3n) is 6.55. The summed E-state index contributed by atoms with van der Waals surface area (Å²) in [7, 11) is -3.71. The van der Waals surface area contributed by atoms with E-state index < -0.39 is 21.2 Å². The van der Waals surface area contributed by atoms with E-state index in [0.29, 0.717) is 22.9 Å². The summed E-state index contributed by atoms with van der Waals surface area (Å²) in [4.78, 5) is 13.8. The zero-order chi connectivity index (χ0) is 26.3.